The number of rotatable bonds is 16. The van der Waals surface area contributed by atoms with Crippen molar-refractivity contribution < 1.29 is 18.9 Å². The van der Waals surface area contributed by atoms with E-state index in [1.165, 1.54) is 38.5 Å². The monoisotopic (exact) mass is 290 g/mol. The van der Waals surface area contributed by atoms with Crippen LogP contribution >= 0.6 is 0 Å². The number of ether oxygens (including phenoxy) is 4. The molecule has 20 heavy (non-hydrogen) atoms. The molecular formula is C16H34O4. The van der Waals surface area contributed by atoms with Gasteiger partial charge in [0.25, 0.3) is 0 Å². The van der Waals surface area contributed by atoms with Crippen molar-refractivity contribution in [2.45, 2.75) is 52.4 Å². The van der Waals surface area contributed by atoms with Gasteiger partial charge >= 0.3 is 0 Å². The van der Waals surface area contributed by atoms with Gasteiger partial charge in [-0.15, -0.1) is 0 Å². The largest absolute Gasteiger partial charge is 0.379 e. The van der Waals surface area contributed by atoms with Crippen LogP contribution in [0, 0.1) is 5.92 Å². The van der Waals surface area contributed by atoms with Crippen molar-refractivity contribution in [3.63, 3.8) is 0 Å². The third-order valence-corrected chi connectivity index (χ3v) is 3.15. The van der Waals surface area contributed by atoms with E-state index in [0.29, 0.717) is 39.1 Å². The average Bonchev–Trinajstić information content (AvgIpc) is 2.45. The Morgan fingerprint density at radius 1 is 0.800 bits per heavy atom. The van der Waals surface area contributed by atoms with Crippen molar-refractivity contribution >= 4 is 0 Å². The molecule has 0 saturated carbocycles. The second-order valence-corrected chi connectivity index (χ2v) is 5.31. The normalized spacial score (nSPS) is 12.8. The molecule has 1 unspecified atom stereocenters. The SMILES string of the molecule is CCCCCCCC(C)COCCOCCOCOC. The van der Waals surface area contributed by atoms with Crippen molar-refractivity contribution in [1.82, 2.24) is 0 Å². The van der Waals surface area contributed by atoms with Crippen LogP contribution in [0.5, 0.6) is 0 Å². The van der Waals surface area contributed by atoms with Crippen molar-refractivity contribution in [3.8, 4) is 0 Å². The van der Waals surface area contributed by atoms with Crippen LogP contribution in [0.4, 0.5) is 0 Å². The molecular weight excluding hydrogens is 256 g/mol. The summed E-state index contributed by atoms with van der Waals surface area (Å²) in [6.07, 6.45) is 8.03. The van der Waals surface area contributed by atoms with E-state index in [9.17, 15) is 0 Å². The van der Waals surface area contributed by atoms with Crippen LogP contribution < -0.4 is 0 Å². The first-order valence-electron chi connectivity index (χ1n) is 8.03. The van der Waals surface area contributed by atoms with Crippen LogP contribution in [0.1, 0.15) is 52.4 Å². The van der Waals surface area contributed by atoms with Crippen LogP contribution in [0.25, 0.3) is 0 Å². The quantitative estimate of drug-likeness (QED) is 0.321. The zero-order valence-electron chi connectivity index (χ0n) is 13.7. The van der Waals surface area contributed by atoms with E-state index in [2.05, 4.69) is 13.8 Å². The summed E-state index contributed by atoms with van der Waals surface area (Å²) in [4.78, 5) is 0. The van der Waals surface area contributed by atoms with Crippen LogP contribution in [0.3, 0.4) is 0 Å². The topological polar surface area (TPSA) is 36.9 Å². The maximum Gasteiger partial charge on any atom is 0.146 e. The van der Waals surface area contributed by atoms with Gasteiger partial charge in [0.05, 0.1) is 26.4 Å². The predicted molar refractivity (Wildman–Crippen MR) is 82.0 cm³/mol. The lowest BCUT2D eigenvalue weighted by atomic mass is 10.0. The van der Waals surface area contributed by atoms with Crippen molar-refractivity contribution in [1.29, 1.82) is 0 Å². The minimum absolute atomic E-state index is 0.329. The van der Waals surface area contributed by atoms with Gasteiger partial charge in [-0.2, -0.15) is 0 Å². The minimum Gasteiger partial charge on any atom is -0.379 e. The number of hydrogen-bond acceptors (Lipinski definition) is 4. The molecule has 0 aromatic rings. The van der Waals surface area contributed by atoms with Gasteiger partial charge in [0.2, 0.25) is 0 Å². The summed E-state index contributed by atoms with van der Waals surface area (Å²) < 4.78 is 20.9. The first-order valence-corrected chi connectivity index (χ1v) is 8.03. The highest BCUT2D eigenvalue weighted by atomic mass is 16.7. The summed E-state index contributed by atoms with van der Waals surface area (Å²) in [6.45, 7) is 8.17. The third-order valence-electron chi connectivity index (χ3n) is 3.15. The fourth-order valence-electron chi connectivity index (χ4n) is 1.94. The molecule has 122 valence electrons. The highest BCUT2D eigenvalue weighted by Crippen LogP contribution is 2.11. The molecule has 1 atom stereocenters. The standard InChI is InChI=1S/C16H34O4/c1-4-5-6-7-8-9-16(2)14-19-12-10-18-11-13-20-15-17-3/h16H,4-15H2,1-3H3. The van der Waals surface area contributed by atoms with Crippen LogP contribution in [0.15, 0.2) is 0 Å². The second kappa shape index (κ2) is 16.9. The first-order chi connectivity index (χ1) is 9.81. The maximum absolute atomic E-state index is 5.61. The van der Waals surface area contributed by atoms with E-state index >= 15 is 0 Å². The maximum atomic E-state index is 5.61. The first kappa shape index (κ1) is 19.8. The van der Waals surface area contributed by atoms with Crippen LogP contribution in [0.2, 0.25) is 0 Å². The highest BCUT2D eigenvalue weighted by molar-refractivity contribution is 4.52. The molecule has 0 radical (unpaired) electrons. The molecule has 4 heteroatoms. The molecule has 0 aromatic carbocycles. The summed E-state index contributed by atoms with van der Waals surface area (Å²) in [7, 11) is 1.61. The number of methoxy groups -OCH3 is 1. The lowest BCUT2D eigenvalue weighted by molar-refractivity contribution is -0.0560. The molecule has 0 aliphatic heterocycles. The molecule has 0 rings (SSSR count). The highest BCUT2D eigenvalue weighted by Gasteiger charge is 2.02. The molecule has 4 nitrogen and oxygen atoms in total. The second-order valence-electron chi connectivity index (χ2n) is 5.31. The van der Waals surface area contributed by atoms with E-state index in [1.54, 1.807) is 7.11 Å². The lowest BCUT2D eigenvalue weighted by Crippen LogP contribution is -2.13. The summed E-state index contributed by atoms with van der Waals surface area (Å²) >= 11 is 0. The summed E-state index contributed by atoms with van der Waals surface area (Å²) in [5, 5.41) is 0. The Kier molecular flexibility index (Phi) is 16.8. The minimum atomic E-state index is 0.329. The summed E-state index contributed by atoms with van der Waals surface area (Å²) in [6, 6.07) is 0. The van der Waals surface area contributed by atoms with Gasteiger partial charge in [-0.05, 0) is 12.3 Å². The molecule has 0 aliphatic carbocycles. The number of hydrogen-bond donors (Lipinski definition) is 0. The van der Waals surface area contributed by atoms with Crippen molar-refractivity contribution in [3.05, 3.63) is 0 Å². The molecule has 0 heterocycles. The van der Waals surface area contributed by atoms with Crippen molar-refractivity contribution in [2.75, 3.05) is 46.9 Å². The Labute approximate surface area is 125 Å². The summed E-state index contributed by atoms with van der Waals surface area (Å²) in [5.74, 6) is 0.654. The fourth-order valence-corrected chi connectivity index (χ4v) is 1.94. The van der Waals surface area contributed by atoms with Gasteiger partial charge in [0.1, 0.15) is 6.79 Å². The fraction of sp³-hybridized carbons (Fsp3) is 1.00. The van der Waals surface area contributed by atoms with E-state index in [1.807, 2.05) is 0 Å². The number of unbranched alkanes of at least 4 members (excludes halogenated alkanes) is 4. The van der Waals surface area contributed by atoms with Crippen molar-refractivity contribution in [2.24, 2.45) is 5.92 Å². The van der Waals surface area contributed by atoms with E-state index < -0.39 is 0 Å². The molecule has 0 fully saturated rings. The van der Waals surface area contributed by atoms with Gasteiger partial charge in [0.15, 0.2) is 0 Å². The van der Waals surface area contributed by atoms with Crippen LogP contribution in [-0.2, 0) is 18.9 Å². The Hall–Kier alpha value is -0.160. The van der Waals surface area contributed by atoms with Gasteiger partial charge in [-0.25, -0.2) is 0 Å². The molecule has 0 aliphatic rings. The lowest BCUT2D eigenvalue weighted by Gasteiger charge is -2.12. The average molecular weight is 290 g/mol. The predicted octanol–water partition coefficient (Wildman–Crippen LogP) is 3.64. The molecule has 0 spiro atoms. The van der Waals surface area contributed by atoms with Gasteiger partial charge in [-0.3, -0.25) is 0 Å². The Balaban J connectivity index is 3.09. The van der Waals surface area contributed by atoms with E-state index in [-0.39, 0.29) is 0 Å². The molecule has 0 N–H and O–H groups in total. The third kappa shape index (κ3) is 15.9. The Morgan fingerprint density at radius 3 is 2.15 bits per heavy atom. The smallest absolute Gasteiger partial charge is 0.146 e. The Bertz CT molecular complexity index is 176. The molecule has 0 bridgehead atoms. The summed E-state index contributed by atoms with van der Waals surface area (Å²) in [5.41, 5.74) is 0. The van der Waals surface area contributed by atoms with Gasteiger partial charge in [-0.1, -0.05) is 46.0 Å². The van der Waals surface area contributed by atoms with Gasteiger partial charge < -0.3 is 18.9 Å². The molecule has 0 amide bonds. The van der Waals surface area contributed by atoms with Gasteiger partial charge in [0, 0.05) is 13.7 Å². The van der Waals surface area contributed by atoms with E-state index in [4.69, 9.17) is 18.9 Å². The zero-order chi connectivity index (χ0) is 14.9. The van der Waals surface area contributed by atoms with E-state index in [0.717, 1.165) is 6.61 Å². The van der Waals surface area contributed by atoms with Crippen LogP contribution in [-0.4, -0.2) is 46.9 Å². The Morgan fingerprint density at radius 2 is 1.45 bits per heavy atom. The zero-order valence-corrected chi connectivity index (χ0v) is 13.7. The molecule has 0 saturated heterocycles. The molecule has 0 aromatic heterocycles.